The summed E-state index contributed by atoms with van der Waals surface area (Å²) >= 11 is 3.41. The van der Waals surface area contributed by atoms with E-state index in [0.29, 0.717) is 22.7 Å². The minimum Gasteiger partial charge on any atom is -0.503 e. The predicted octanol–water partition coefficient (Wildman–Crippen LogP) is 3.64. The number of aromatic nitrogens is 2. The summed E-state index contributed by atoms with van der Waals surface area (Å²) in [6.07, 6.45) is 2.41. The highest BCUT2D eigenvalue weighted by Gasteiger charge is 2.35. The Morgan fingerprint density at radius 2 is 2.18 bits per heavy atom. The second-order valence-corrected chi connectivity index (χ2v) is 6.69. The molecule has 0 amide bonds. The first-order valence-corrected chi connectivity index (χ1v) is 8.47. The van der Waals surface area contributed by atoms with Gasteiger partial charge in [0.1, 0.15) is 5.69 Å². The standard InChI is InChI=1S/C16H18BrN3O2/c1-2-22-12-8-10(7-11(17)16(12)21)14-15-13(18-19-14)9-3-5-20(15)6-4-9/h7-9,21H,2-6H2,1H3,(H,18,19). The number of halogens is 1. The summed E-state index contributed by atoms with van der Waals surface area (Å²) in [5, 5.41) is 17.9. The number of rotatable bonds is 3. The van der Waals surface area contributed by atoms with Crippen LogP contribution in [0.1, 0.15) is 31.4 Å². The van der Waals surface area contributed by atoms with Gasteiger partial charge in [0.25, 0.3) is 0 Å². The first kappa shape index (κ1) is 13.9. The van der Waals surface area contributed by atoms with Gasteiger partial charge in [0.15, 0.2) is 11.5 Å². The molecule has 6 heteroatoms. The van der Waals surface area contributed by atoms with E-state index >= 15 is 0 Å². The number of fused-ring (bicyclic) bond motifs is 2. The largest absolute Gasteiger partial charge is 0.503 e. The Hall–Kier alpha value is -1.69. The molecule has 1 aromatic heterocycles. The Kier molecular flexibility index (Phi) is 3.29. The van der Waals surface area contributed by atoms with Crippen molar-refractivity contribution in [2.75, 3.05) is 24.6 Å². The van der Waals surface area contributed by atoms with Crippen LogP contribution < -0.4 is 9.64 Å². The molecule has 0 radical (unpaired) electrons. The molecule has 3 aliphatic heterocycles. The average Bonchev–Trinajstić information content (AvgIpc) is 3.00. The summed E-state index contributed by atoms with van der Waals surface area (Å²) < 4.78 is 6.16. The predicted molar refractivity (Wildman–Crippen MR) is 88.7 cm³/mol. The van der Waals surface area contributed by atoms with Crippen LogP contribution in [0.5, 0.6) is 11.5 Å². The summed E-state index contributed by atoms with van der Waals surface area (Å²) in [7, 11) is 0. The second-order valence-electron chi connectivity index (χ2n) is 5.83. The molecule has 1 saturated heterocycles. The third-order valence-corrected chi connectivity index (χ3v) is 5.19. The lowest BCUT2D eigenvalue weighted by atomic mass is 9.86. The highest BCUT2D eigenvalue weighted by Crippen LogP contribution is 2.47. The lowest BCUT2D eigenvalue weighted by Crippen LogP contribution is -2.38. The molecule has 1 fully saturated rings. The zero-order chi connectivity index (χ0) is 15.3. The highest BCUT2D eigenvalue weighted by molar-refractivity contribution is 9.10. The maximum Gasteiger partial charge on any atom is 0.172 e. The monoisotopic (exact) mass is 363 g/mol. The van der Waals surface area contributed by atoms with E-state index in [-0.39, 0.29) is 5.75 Å². The molecule has 1 aromatic carbocycles. The third-order valence-electron chi connectivity index (χ3n) is 4.59. The number of aromatic hydroxyl groups is 1. The van der Waals surface area contributed by atoms with Crippen molar-refractivity contribution in [3.05, 3.63) is 22.3 Å². The van der Waals surface area contributed by atoms with E-state index in [4.69, 9.17) is 4.74 Å². The van der Waals surface area contributed by atoms with Crippen LogP contribution in [0.3, 0.4) is 0 Å². The summed E-state index contributed by atoms with van der Waals surface area (Å²) in [6.45, 7) is 4.61. The molecule has 5 nitrogen and oxygen atoms in total. The van der Waals surface area contributed by atoms with Gasteiger partial charge in [-0.3, -0.25) is 5.10 Å². The molecule has 0 unspecified atom stereocenters. The van der Waals surface area contributed by atoms with Crippen molar-refractivity contribution in [3.63, 3.8) is 0 Å². The van der Waals surface area contributed by atoms with E-state index in [9.17, 15) is 5.11 Å². The fourth-order valence-electron chi connectivity index (χ4n) is 3.52. The van der Waals surface area contributed by atoms with Gasteiger partial charge in [-0.15, -0.1) is 0 Å². The van der Waals surface area contributed by atoms with Gasteiger partial charge >= 0.3 is 0 Å². The zero-order valence-electron chi connectivity index (χ0n) is 12.4. The summed E-state index contributed by atoms with van der Waals surface area (Å²) in [5.41, 5.74) is 4.39. The van der Waals surface area contributed by atoms with Crippen LogP contribution >= 0.6 is 15.9 Å². The molecular formula is C16H18BrN3O2. The minimum atomic E-state index is 0.136. The van der Waals surface area contributed by atoms with Crippen molar-refractivity contribution in [2.45, 2.75) is 25.7 Å². The number of anilines is 1. The third kappa shape index (κ3) is 2.00. The van der Waals surface area contributed by atoms with Crippen molar-refractivity contribution in [2.24, 2.45) is 0 Å². The lowest BCUT2D eigenvalue weighted by Gasteiger charge is -2.40. The fourth-order valence-corrected chi connectivity index (χ4v) is 3.97. The molecule has 22 heavy (non-hydrogen) atoms. The Bertz CT molecular complexity index is 720. The molecule has 0 spiro atoms. The SMILES string of the molecule is CCOc1cc(-c2n[nH]c3c2N2CCC3CC2)cc(Br)c1O. The number of hydrogen-bond donors (Lipinski definition) is 2. The van der Waals surface area contributed by atoms with E-state index in [2.05, 4.69) is 31.0 Å². The van der Waals surface area contributed by atoms with E-state index in [1.165, 1.54) is 24.2 Å². The van der Waals surface area contributed by atoms with Crippen LogP contribution in [0.2, 0.25) is 0 Å². The summed E-state index contributed by atoms with van der Waals surface area (Å²) in [5.74, 6) is 1.23. The summed E-state index contributed by atoms with van der Waals surface area (Å²) in [6, 6.07) is 3.77. The molecule has 3 aliphatic rings. The van der Waals surface area contributed by atoms with Crippen LogP contribution in [0.15, 0.2) is 16.6 Å². The van der Waals surface area contributed by atoms with Gasteiger partial charge in [-0.2, -0.15) is 5.10 Å². The zero-order valence-corrected chi connectivity index (χ0v) is 14.0. The maximum atomic E-state index is 10.1. The van der Waals surface area contributed by atoms with Crippen molar-refractivity contribution in [1.82, 2.24) is 10.2 Å². The van der Waals surface area contributed by atoms with Crippen molar-refractivity contribution < 1.29 is 9.84 Å². The van der Waals surface area contributed by atoms with Crippen molar-refractivity contribution in [3.8, 4) is 22.8 Å². The Morgan fingerprint density at radius 3 is 2.91 bits per heavy atom. The number of benzene rings is 1. The normalized spacial score (nSPS) is 16.9. The number of phenolic OH excluding ortho intramolecular Hbond substituents is 1. The molecule has 2 N–H and O–H groups in total. The van der Waals surface area contributed by atoms with Crippen LogP contribution in [0, 0.1) is 0 Å². The Balaban J connectivity index is 1.84. The number of nitrogens with zero attached hydrogens (tertiary/aromatic N) is 2. The first-order valence-electron chi connectivity index (χ1n) is 7.68. The number of ether oxygens (including phenoxy) is 1. The molecule has 2 bridgehead atoms. The van der Waals surface area contributed by atoms with Gasteiger partial charge in [0.2, 0.25) is 0 Å². The molecule has 0 aliphatic carbocycles. The topological polar surface area (TPSA) is 61.4 Å². The number of piperidine rings is 1. The Labute approximate surface area is 137 Å². The van der Waals surface area contributed by atoms with Crippen molar-refractivity contribution in [1.29, 1.82) is 0 Å². The highest BCUT2D eigenvalue weighted by atomic mass is 79.9. The lowest BCUT2D eigenvalue weighted by molar-refractivity contribution is 0.317. The number of phenols is 1. The molecule has 116 valence electrons. The van der Waals surface area contributed by atoms with Crippen LogP contribution in [0.25, 0.3) is 11.3 Å². The average molecular weight is 364 g/mol. The number of aromatic amines is 1. The minimum absolute atomic E-state index is 0.136. The van der Waals surface area contributed by atoms with Crippen molar-refractivity contribution >= 4 is 21.6 Å². The molecular weight excluding hydrogens is 346 g/mol. The first-order chi connectivity index (χ1) is 10.7. The molecule has 0 saturated carbocycles. The second kappa shape index (κ2) is 5.19. The van der Waals surface area contributed by atoms with E-state index in [0.717, 1.165) is 24.3 Å². The van der Waals surface area contributed by atoms with E-state index < -0.39 is 0 Å². The van der Waals surface area contributed by atoms with Gasteiger partial charge in [-0.05, 0) is 47.8 Å². The smallest absolute Gasteiger partial charge is 0.172 e. The van der Waals surface area contributed by atoms with Gasteiger partial charge in [-0.25, -0.2) is 0 Å². The molecule has 4 heterocycles. The quantitative estimate of drug-likeness (QED) is 0.873. The molecule has 5 rings (SSSR count). The van der Waals surface area contributed by atoms with Gasteiger partial charge in [0, 0.05) is 24.6 Å². The van der Waals surface area contributed by atoms with E-state index in [1.54, 1.807) is 0 Å². The van der Waals surface area contributed by atoms with Gasteiger partial charge in [-0.1, -0.05) is 0 Å². The van der Waals surface area contributed by atoms with Gasteiger partial charge in [0.05, 0.1) is 22.5 Å². The molecule has 0 atom stereocenters. The number of H-pyrrole nitrogens is 1. The number of nitrogens with one attached hydrogen (secondary N) is 1. The Morgan fingerprint density at radius 1 is 1.41 bits per heavy atom. The van der Waals surface area contributed by atoms with Gasteiger partial charge < -0.3 is 14.7 Å². The maximum absolute atomic E-state index is 10.1. The van der Waals surface area contributed by atoms with E-state index in [1.807, 2.05) is 19.1 Å². The summed E-state index contributed by atoms with van der Waals surface area (Å²) in [4.78, 5) is 2.41. The van der Waals surface area contributed by atoms with Crippen LogP contribution in [-0.2, 0) is 0 Å². The fraction of sp³-hybridized carbons (Fsp3) is 0.438. The van der Waals surface area contributed by atoms with Crippen LogP contribution in [-0.4, -0.2) is 35.0 Å². The van der Waals surface area contributed by atoms with Crippen LogP contribution in [0.4, 0.5) is 5.69 Å². The number of hydrogen-bond acceptors (Lipinski definition) is 4. The molecule has 2 aromatic rings.